The van der Waals surface area contributed by atoms with Gasteiger partial charge in [-0.15, -0.1) is 0 Å². The van der Waals surface area contributed by atoms with Crippen molar-refractivity contribution in [3.05, 3.63) is 59.8 Å². The lowest BCUT2D eigenvalue weighted by Crippen LogP contribution is -2.16. The maximum atomic E-state index is 12.0. The molecule has 2 rings (SSSR count). The summed E-state index contributed by atoms with van der Waals surface area (Å²) in [5, 5.41) is 19.3. The fraction of sp³-hybridized carbons (Fsp3) is 0. The van der Waals surface area contributed by atoms with Crippen LogP contribution in [0.5, 0.6) is 5.75 Å². The standard InChI is InChI=1S/C12H10NO5S/c14-13(15)11-8-4-5-9-12(11)19(16,17)18-10-6-2-1-3-7-10/h1-9,14H/q-1. The summed E-state index contributed by atoms with van der Waals surface area (Å²) in [6, 6.07) is 13.1. The summed E-state index contributed by atoms with van der Waals surface area (Å²) in [4.78, 5) is -0.406. The van der Waals surface area contributed by atoms with Crippen molar-refractivity contribution in [2.24, 2.45) is 0 Å². The fourth-order valence-electron chi connectivity index (χ4n) is 1.47. The van der Waals surface area contributed by atoms with Gasteiger partial charge in [-0.3, -0.25) is 5.21 Å². The van der Waals surface area contributed by atoms with E-state index >= 15 is 0 Å². The molecule has 0 bridgehead atoms. The first-order valence-corrected chi connectivity index (χ1v) is 6.66. The van der Waals surface area contributed by atoms with Crippen LogP contribution in [0.2, 0.25) is 0 Å². The number of anilines is 1. The number of hydrogen-bond acceptors (Lipinski definition) is 6. The Kier molecular flexibility index (Phi) is 3.70. The summed E-state index contributed by atoms with van der Waals surface area (Å²) in [5.74, 6) is 0.118. The first-order chi connectivity index (χ1) is 9.00. The van der Waals surface area contributed by atoms with Gasteiger partial charge in [-0.05, 0) is 24.3 Å². The summed E-state index contributed by atoms with van der Waals surface area (Å²) in [7, 11) is -4.19. The van der Waals surface area contributed by atoms with Crippen molar-refractivity contribution in [3.8, 4) is 5.75 Å². The number of rotatable bonds is 4. The predicted octanol–water partition coefficient (Wildman–Crippen LogP) is 2.15. The average molecular weight is 280 g/mol. The summed E-state index contributed by atoms with van der Waals surface area (Å²) in [6.45, 7) is 0. The van der Waals surface area contributed by atoms with E-state index in [0.29, 0.717) is 0 Å². The Bertz CT molecular complexity index is 655. The molecule has 0 atom stereocenters. The smallest absolute Gasteiger partial charge is 0.341 e. The molecule has 0 radical (unpaired) electrons. The monoisotopic (exact) mass is 280 g/mol. The van der Waals surface area contributed by atoms with Gasteiger partial charge in [0.15, 0.2) is 0 Å². The molecule has 6 nitrogen and oxygen atoms in total. The second-order valence-corrected chi connectivity index (χ2v) is 5.11. The zero-order chi connectivity index (χ0) is 13.9. The van der Waals surface area contributed by atoms with E-state index in [-0.39, 0.29) is 5.75 Å². The van der Waals surface area contributed by atoms with Crippen molar-refractivity contribution in [3.63, 3.8) is 0 Å². The third-order valence-electron chi connectivity index (χ3n) is 2.29. The summed E-state index contributed by atoms with van der Waals surface area (Å²) in [5.41, 5.74) is -0.404. The lowest BCUT2D eigenvalue weighted by molar-refractivity contribution is 0.294. The van der Waals surface area contributed by atoms with Gasteiger partial charge in [0.05, 0.1) is 5.69 Å². The van der Waals surface area contributed by atoms with Crippen LogP contribution in [0.3, 0.4) is 0 Å². The van der Waals surface area contributed by atoms with E-state index in [2.05, 4.69) is 0 Å². The molecule has 0 amide bonds. The topological polar surface area (TPSA) is 89.9 Å². The van der Waals surface area contributed by atoms with E-state index in [4.69, 9.17) is 9.39 Å². The third-order valence-corrected chi connectivity index (χ3v) is 3.59. The predicted molar refractivity (Wildman–Crippen MR) is 68.3 cm³/mol. The zero-order valence-electron chi connectivity index (χ0n) is 9.63. The van der Waals surface area contributed by atoms with Crippen LogP contribution in [0.25, 0.3) is 0 Å². The largest absolute Gasteiger partial charge is 0.733 e. The van der Waals surface area contributed by atoms with Gasteiger partial charge in [-0.2, -0.15) is 8.42 Å². The van der Waals surface area contributed by atoms with E-state index < -0.39 is 25.9 Å². The fourth-order valence-corrected chi connectivity index (χ4v) is 2.58. The Morgan fingerprint density at radius 2 is 1.58 bits per heavy atom. The highest BCUT2D eigenvalue weighted by Crippen LogP contribution is 2.26. The van der Waals surface area contributed by atoms with Gasteiger partial charge in [0, 0.05) is 0 Å². The van der Waals surface area contributed by atoms with Crippen LogP contribution in [-0.4, -0.2) is 13.6 Å². The lowest BCUT2D eigenvalue weighted by atomic mass is 10.3. The molecule has 1 N–H and O–H groups in total. The molecule has 2 aromatic rings. The molecule has 100 valence electrons. The van der Waals surface area contributed by atoms with Crippen LogP contribution in [-0.2, 0) is 10.1 Å². The van der Waals surface area contributed by atoms with Crippen molar-refractivity contribution in [1.29, 1.82) is 0 Å². The van der Waals surface area contributed by atoms with Gasteiger partial charge in [-0.25, -0.2) is 0 Å². The normalized spacial score (nSPS) is 11.1. The van der Waals surface area contributed by atoms with Crippen LogP contribution in [0.1, 0.15) is 0 Å². The van der Waals surface area contributed by atoms with E-state index in [9.17, 15) is 13.6 Å². The van der Waals surface area contributed by atoms with Gasteiger partial charge in [-0.1, -0.05) is 30.3 Å². The first kappa shape index (κ1) is 13.3. The molecule has 0 spiro atoms. The minimum absolute atomic E-state index is 0.118. The molecular formula is C12H10NO5S-. The number of benzene rings is 2. The Hall–Kier alpha value is -2.09. The van der Waals surface area contributed by atoms with Crippen molar-refractivity contribution >= 4 is 15.8 Å². The molecule has 19 heavy (non-hydrogen) atoms. The van der Waals surface area contributed by atoms with Gasteiger partial charge in [0.25, 0.3) is 0 Å². The molecule has 0 aliphatic rings. The van der Waals surface area contributed by atoms with Crippen LogP contribution in [0.15, 0.2) is 59.5 Å². The number of hydrogen-bond donors (Lipinski definition) is 1. The van der Waals surface area contributed by atoms with Gasteiger partial charge < -0.3 is 14.6 Å². The Balaban J connectivity index is 2.41. The van der Waals surface area contributed by atoms with Crippen LogP contribution >= 0.6 is 0 Å². The molecule has 0 saturated carbocycles. The lowest BCUT2D eigenvalue weighted by Gasteiger charge is -2.23. The van der Waals surface area contributed by atoms with Gasteiger partial charge in [0.2, 0.25) is 0 Å². The molecule has 2 aromatic carbocycles. The molecule has 0 heterocycles. The maximum Gasteiger partial charge on any atom is 0.341 e. The minimum atomic E-state index is -4.19. The summed E-state index contributed by atoms with van der Waals surface area (Å²) < 4.78 is 28.9. The highest BCUT2D eigenvalue weighted by molar-refractivity contribution is 7.87. The Labute approximate surface area is 110 Å². The molecule has 0 saturated heterocycles. The molecule has 0 aliphatic carbocycles. The van der Waals surface area contributed by atoms with Crippen molar-refractivity contribution in [2.45, 2.75) is 4.90 Å². The second kappa shape index (κ2) is 5.27. The quantitative estimate of drug-likeness (QED) is 0.681. The molecule has 7 heteroatoms. The molecule has 0 aliphatic heterocycles. The van der Waals surface area contributed by atoms with Crippen LogP contribution in [0.4, 0.5) is 5.69 Å². The van der Waals surface area contributed by atoms with Crippen molar-refractivity contribution in [2.75, 3.05) is 5.23 Å². The summed E-state index contributed by atoms with van der Waals surface area (Å²) >= 11 is 0. The van der Waals surface area contributed by atoms with Gasteiger partial charge in [0.1, 0.15) is 10.6 Å². The highest BCUT2D eigenvalue weighted by Gasteiger charge is 2.21. The molecule has 0 fully saturated rings. The minimum Gasteiger partial charge on any atom is -0.733 e. The SMILES string of the molecule is O=S(=O)(Oc1ccccc1)c1ccccc1N([O-])O. The first-order valence-electron chi connectivity index (χ1n) is 5.25. The molecule has 0 unspecified atom stereocenters. The van der Waals surface area contributed by atoms with Gasteiger partial charge >= 0.3 is 10.1 Å². The van der Waals surface area contributed by atoms with E-state index in [1.807, 2.05) is 0 Å². The third kappa shape index (κ3) is 3.02. The maximum absolute atomic E-state index is 12.0. The average Bonchev–Trinajstić information content (AvgIpc) is 2.39. The zero-order valence-corrected chi connectivity index (χ0v) is 10.4. The van der Waals surface area contributed by atoms with Crippen molar-refractivity contribution < 1.29 is 17.8 Å². The number of nitrogens with zero attached hydrogens (tertiary/aromatic N) is 1. The van der Waals surface area contributed by atoms with Crippen LogP contribution < -0.4 is 9.41 Å². The van der Waals surface area contributed by atoms with Crippen LogP contribution in [0, 0.1) is 5.21 Å². The number of para-hydroxylation sites is 2. The molecule has 0 aromatic heterocycles. The van der Waals surface area contributed by atoms with Crippen molar-refractivity contribution in [1.82, 2.24) is 0 Å². The Morgan fingerprint density at radius 1 is 1.00 bits per heavy atom. The second-order valence-electron chi connectivity index (χ2n) is 3.59. The Morgan fingerprint density at radius 3 is 2.21 bits per heavy atom. The summed E-state index contributed by atoms with van der Waals surface area (Å²) in [6.07, 6.45) is 0. The molecular weight excluding hydrogens is 270 g/mol. The van der Waals surface area contributed by atoms with E-state index in [1.54, 1.807) is 18.2 Å². The highest BCUT2D eigenvalue weighted by atomic mass is 32.2. The van der Waals surface area contributed by atoms with E-state index in [0.717, 1.165) is 0 Å². The van der Waals surface area contributed by atoms with E-state index in [1.165, 1.54) is 36.4 Å².